The Morgan fingerprint density at radius 1 is 1.29 bits per heavy atom. The van der Waals surface area contributed by atoms with Gasteiger partial charge in [-0.05, 0) is 53.6 Å². The van der Waals surface area contributed by atoms with Crippen LogP contribution in [0.3, 0.4) is 0 Å². The zero-order chi connectivity index (χ0) is 14.8. The number of benzene rings is 2. The normalized spacial score (nSPS) is 17.6. The molecular weight excluding hydrogens is 373 g/mol. The van der Waals surface area contributed by atoms with Gasteiger partial charge >= 0.3 is 0 Å². The van der Waals surface area contributed by atoms with Crippen molar-refractivity contribution >= 4 is 39.3 Å². The molecule has 2 aromatic carbocycles. The minimum Gasteiger partial charge on any atom is -0.306 e. The first-order valence-electron chi connectivity index (χ1n) is 6.73. The fourth-order valence-corrected chi connectivity index (χ4v) is 4.40. The van der Waals surface area contributed by atoms with Gasteiger partial charge in [0.1, 0.15) is 5.82 Å². The molecule has 3 rings (SSSR count). The van der Waals surface area contributed by atoms with Gasteiger partial charge in [0.15, 0.2) is 0 Å². The highest BCUT2D eigenvalue weighted by Crippen LogP contribution is 2.36. The number of hydrogen-bond donors (Lipinski definition) is 1. The predicted molar refractivity (Wildman–Crippen MR) is 90.5 cm³/mol. The molecule has 0 aliphatic carbocycles. The number of hydrogen-bond acceptors (Lipinski definition) is 2. The van der Waals surface area contributed by atoms with E-state index in [1.165, 1.54) is 11.0 Å². The summed E-state index contributed by atoms with van der Waals surface area (Å²) in [5, 5.41) is 4.24. The molecule has 110 valence electrons. The summed E-state index contributed by atoms with van der Waals surface area (Å²) in [6, 6.07) is 11.0. The van der Waals surface area contributed by atoms with E-state index in [0.717, 1.165) is 34.3 Å². The Morgan fingerprint density at radius 2 is 2.14 bits per heavy atom. The van der Waals surface area contributed by atoms with Gasteiger partial charge in [0, 0.05) is 27.0 Å². The standard InChI is InChI=1S/C16H14BrClFNS/c17-14-7-11(18)2-1-10(14)9-20-15-5-6-21-16-4-3-12(19)8-13(15)16/h1-4,7-8,15,20H,5-6,9H2. The number of fused-ring (bicyclic) bond motifs is 1. The van der Waals surface area contributed by atoms with Crippen LogP contribution < -0.4 is 5.32 Å². The fraction of sp³-hybridized carbons (Fsp3) is 0.250. The molecule has 1 aliphatic rings. The number of halogens is 3. The molecule has 1 nitrogen and oxygen atoms in total. The van der Waals surface area contributed by atoms with E-state index in [9.17, 15) is 4.39 Å². The molecule has 0 saturated heterocycles. The molecule has 0 radical (unpaired) electrons. The van der Waals surface area contributed by atoms with Gasteiger partial charge in [0.25, 0.3) is 0 Å². The quantitative estimate of drug-likeness (QED) is 0.740. The summed E-state index contributed by atoms with van der Waals surface area (Å²) < 4.78 is 14.5. The van der Waals surface area contributed by atoms with Gasteiger partial charge in [0.2, 0.25) is 0 Å². The van der Waals surface area contributed by atoms with E-state index in [-0.39, 0.29) is 11.9 Å². The van der Waals surface area contributed by atoms with E-state index in [0.29, 0.717) is 5.02 Å². The monoisotopic (exact) mass is 385 g/mol. The van der Waals surface area contributed by atoms with Crippen molar-refractivity contribution in [2.45, 2.75) is 23.9 Å². The van der Waals surface area contributed by atoms with Gasteiger partial charge in [0.05, 0.1) is 0 Å². The second-order valence-corrected chi connectivity index (χ2v) is 7.42. The smallest absolute Gasteiger partial charge is 0.123 e. The van der Waals surface area contributed by atoms with Crippen molar-refractivity contribution in [3.05, 3.63) is 62.8 Å². The van der Waals surface area contributed by atoms with Gasteiger partial charge in [-0.2, -0.15) is 0 Å². The van der Waals surface area contributed by atoms with E-state index >= 15 is 0 Å². The van der Waals surface area contributed by atoms with Crippen molar-refractivity contribution in [3.63, 3.8) is 0 Å². The lowest BCUT2D eigenvalue weighted by atomic mass is 10.0. The van der Waals surface area contributed by atoms with Crippen LogP contribution in [0, 0.1) is 5.82 Å². The molecule has 0 saturated carbocycles. The van der Waals surface area contributed by atoms with Crippen molar-refractivity contribution in [2.75, 3.05) is 5.75 Å². The average Bonchev–Trinajstić information content (AvgIpc) is 2.46. The molecule has 2 aromatic rings. The van der Waals surface area contributed by atoms with Crippen LogP contribution in [0.2, 0.25) is 5.02 Å². The van der Waals surface area contributed by atoms with E-state index < -0.39 is 0 Å². The summed E-state index contributed by atoms with van der Waals surface area (Å²) in [6.07, 6.45) is 1.01. The Balaban J connectivity index is 1.76. The highest BCUT2D eigenvalue weighted by atomic mass is 79.9. The number of rotatable bonds is 3. The average molecular weight is 387 g/mol. The van der Waals surface area contributed by atoms with Crippen LogP contribution in [0.25, 0.3) is 0 Å². The van der Waals surface area contributed by atoms with Crippen LogP contribution in [-0.2, 0) is 6.54 Å². The molecule has 0 aromatic heterocycles. The third kappa shape index (κ3) is 3.62. The van der Waals surface area contributed by atoms with Crippen molar-refractivity contribution < 1.29 is 4.39 Å². The van der Waals surface area contributed by atoms with Gasteiger partial charge in [-0.3, -0.25) is 0 Å². The lowest BCUT2D eigenvalue weighted by molar-refractivity contribution is 0.504. The first-order chi connectivity index (χ1) is 10.1. The zero-order valence-electron chi connectivity index (χ0n) is 11.2. The molecule has 0 amide bonds. The second-order valence-electron chi connectivity index (χ2n) is 4.99. The Labute approximate surface area is 141 Å². The maximum Gasteiger partial charge on any atom is 0.123 e. The maximum absolute atomic E-state index is 13.5. The van der Waals surface area contributed by atoms with Crippen molar-refractivity contribution in [2.24, 2.45) is 0 Å². The molecule has 1 N–H and O–H groups in total. The summed E-state index contributed by atoms with van der Waals surface area (Å²) >= 11 is 11.3. The molecule has 1 heterocycles. The molecule has 0 spiro atoms. The summed E-state index contributed by atoms with van der Waals surface area (Å²) in [7, 11) is 0. The molecule has 1 aliphatic heterocycles. The Morgan fingerprint density at radius 3 is 2.95 bits per heavy atom. The Bertz CT molecular complexity index is 665. The van der Waals surface area contributed by atoms with Gasteiger partial charge in [-0.25, -0.2) is 4.39 Å². The molecule has 1 atom stereocenters. The van der Waals surface area contributed by atoms with Crippen LogP contribution >= 0.6 is 39.3 Å². The van der Waals surface area contributed by atoms with E-state index in [1.807, 2.05) is 24.3 Å². The van der Waals surface area contributed by atoms with Crippen molar-refractivity contribution in [3.8, 4) is 0 Å². The molecule has 0 fully saturated rings. The number of thioether (sulfide) groups is 1. The third-order valence-corrected chi connectivity index (χ3v) is 5.66. The molecule has 21 heavy (non-hydrogen) atoms. The topological polar surface area (TPSA) is 12.0 Å². The largest absolute Gasteiger partial charge is 0.306 e. The van der Waals surface area contributed by atoms with Gasteiger partial charge < -0.3 is 5.32 Å². The van der Waals surface area contributed by atoms with Gasteiger partial charge in [-0.1, -0.05) is 33.6 Å². The van der Waals surface area contributed by atoms with E-state index in [1.54, 1.807) is 17.8 Å². The lowest BCUT2D eigenvalue weighted by Crippen LogP contribution is -2.24. The molecular formula is C16H14BrClFNS. The lowest BCUT2D eigenvalue weighted by Gasteiger charge is -2.26. The second kappa shape index (κ2) is 6.69. The van der Waals surface area contributed by atoms with Crippen molar-refractivity contribution in [1.29, 1.82) is 0 Å². The fourth-order valence-electron chi connectivity index (χ4n) is 2.48. The van der Waals surface area contributed by atoms with Crippen LogP contribution in [-0.4, -0.2) is 5.75 Å². The zero-order valence-corrected chi connectivity index (χ0v) is 14.4. The predicted octanol–water partition coefficient (Wildman–Crippen LogP) is 5.57. The van der Waals surface area contributed by atoms with Gasteiger partial charge in [-0.15, -0.1) is 11.8 Å². The maximum atomic E-state index is 13.5. The Kier molecular flexibility index (Phi) is 4.89. The van der Waals surface area contributed by atoms with Crippen molar-refractivity contribution in [1.82, 2.24) is 5.32 Å². The van der Waals surface area contributed by atoms with E-state index in [4.69, 9.17) is 11.6 Å². The Hall–Kier alpha value is -0.550. The van der Waals surface area contributed by atoms with Crippen LogP contribution in [0.5, 0.6) is 0 Å². The first-order valence-corrected chi connectivity index (χ1v) is 8.89. The minimum atomic E-state index is -0.171. The van der Waals surface area contributed by atoms with Crippen LogP contribution in [0.1, 0.15) is 23.6 Å². The highest BCUT2D eigenvalue weighted by Gasteiger charge is 2.21. The molecule has 5 heteroatoms. The molecule has 0 bridgehead atoms. The molecule has 1 unspecified atom stereocenters. The van der Waals surface area contributed by atoms with E-state index in [2.05, 4.69) is 21.2 Å². The summed E-state index contributed by atoms with van der Waals surface area (Å²) in [5.74, 6) is 0.883. The van der Waals surface area contributed by atoms with Crippen LogP contribution in [0.4, 0.5) is 4.39 Å². The number of nitrogens with one attached hydrogen (secondary N) is 1. The summed E-state index contributed by atoms with van der Waals surface area (Å²) in [6.45, 7) is 0.725. The SMILES string of the molecule is Fc1ccc2c(c1)C(NCc1ccc(Cl)cc1Br)CCS2. The van der Waals surface area contributed by atoms with Crippen LogP contribution in [0.15, 0.2) is 45.8 Å². The summed E-state index contributed by atoms with van der Waals surface area (Å²) in [5.41, 5.74) is 2.21. The highest BCUT2D eigenvalue weighted by molar-refractivity contribution is 9.10. The minimum absolute atomic E-state index is 0.171. The first kappa shape index (κ1) is 15.3. The third-order valence-electron chi connectivity index (χ3n) is 3.57. The summed E-state index contributed by atoms with van der Waals surface area (Å²) in [4.78, 5) is 1.18.